The first-order valence-corrected chi connectivity index (χ1v) is 12.5. The molecule has 0 bridgehead atoms. The lowest BCUT2D eigenvalue weighted by Crippen LogP contribution is -2.56. The van der Waals surface area contributed by atoms with Crippen molar-refractivity contribution in [3.63, 3.8) is 0 Å². The summed E-state index contributed by atoms with van der Waals surface area (Å²) < 4.78 is 17.7. The minimum atomic E-state index is -1.37. The number of amides is 3. The van der Waals surface area contributed by atoms with Crippen molar-refractivity contribution >= 4 is 25.0 Å². The van der Waals surface area contributed by atoms with Gasteiger partial charge >= 0.3 is 13.2 Å². The van der Waals surface area contributed by atoms with Gasteiger partial charge in [-0.15, -0.1) is 0 Å². The van der Waals surface area contributed by atoms with Gasteiger partial charge in [-0.2, -0.15) is 0 Å². The minimum Gasteiger partial charge on any atom is -0.465 e. The molecule has 2 saturated heterocycles. The summed E-state index contributed by atoms with van der Waals surface area (Å²) in [5, 5.41) is 14.4. The van der Waals surface area contributed by atoms with Gasteiger partial charge in [0.25, 0.3) is 0 Å². The molecule has 11 heteroatoms. The number of hydrogen-bond donors (Lipinski definition) is 3. The number of benzene rings is 1. The molecule has 10 nitrogen and oxygen atoms in total. The number of nitrogens with one attached hydrogen (secondary N) is 2. The summed E-state index contributed by atoms with van der Waals surface area (Å²) in [5.41, 5.74) is -0.00562. The third kappa shape index (κ3) is 7.44. The number of aryl methyl sites for hydroxylation is 1. The Morgan fingerprint density at radius 3 is 2.22 bits per heavy atom. The molecule has 3 N–H and O–H groups in total. The van der Waals surface area contributed by atoms with Crippen molar-refractivity contribution in [1.82, 2.24) is 15.5 Å². The fourth-order valence-electron chi connectivity index (χ4n) is 4.26. The molecule has 2 heterocycles. The molecule has 1 aromatic rings. The van der Waals surface area contributed by atoms with Gasteiger partial charge in [-0.3, -0.25) is 9.59 Å². The predicted molar refractivity (Wildman–Crippen MR) is 134 cm³/mol. The van der Waals surface area contributed by atoms with E-state index in [1.165, 1.54) is 5.56 Å². The second-order valence-electron chi connectivity index (χ2n) is 10.3. The van der Waals surface area contributed by atoms with Crippen LogP contribution in [0.1, 0.15) is 52.5 Å². The Morgan fingerprint density at radius 2 is 1.64 bits per heavy atom. The number of carbonyl (C=O) groups is 3. The van der Waals surface area contributed by atoms with Gasteiger partial charge in [-0.05, 0) is 52.5 Å². The van der Waals surface area contributed by atoms with Gasteiger partial charge in [-0.25, -0.2) is 4.79 Å². The molecule has 2 aliphatic rings. The molecule has 0 saturated carbocycles. The fraction of sp³-hybridized carbons (Fsp3) is 0.640. The Hall–Kier alpha value is -2.63. The first kappa shape index (κ1) is 28.0. The van der Waals surface area contributed by atoms with E-state index in [4.69, 9.17) is 14.0 Å². The predicted octanol–water partition coefficient (Wildman–Crippen LogP) is 2.01. The van der Waals surface area contributed by atoms with Crippen LogP contribution in [0, 0.1) is 0 Å². The largest absolute Gasteiger partial charge is 0.481 e. The van der Waals surface area contributed by atoms with Crippen molar-refractivity contribution in [2.75, 3.05) is 26.3 Å². The van der Waals surface area contributed by atoms with Crippen LogP contribution in [0.3, 0.4) is 0 Å². The number of carboxylic acid groups (broad SMARTS) is 1. The number of hydrogen-bond acceptors (Lipinski definition) is 6. The second kappa shape index (κ2) is 12.1. The monoisotopic (exact) mass is 503 g/mol. The molecule has 198 valence electrons. The van der Waals surface area contributed by atoms with Crippen molar-refractivity contribution in [3.8, 4) is 0 Å². The average Bonchev–Trinajstić information content (AvgIpc) is 3.05. The third-order valence-corrected chi connectivity index (χ3v) is 7.11. The van der Waals surface area contributed by atoms with Crippen LogP contribution in [-0.2, 0) is 30.1 Å². The normalized spacial score (nSPS) is 20.4. The van der Waals surface area contributed by atoms with Crippen LogP contribution in [0.2, 0.25) is 0 Å². The SMILES string of the molecule is CC1(C)OB([C@@H](CCCc2ccccc2)NC(=O)[C@@H](CC(=O)N2CCOCC2)NC(=O)O)OC1(C)C. The Bertz CT molecular complexity index is 890. The quantitative estimate of drug-likeness (QED) is 0.417. The summed E-state index contributed by atoms with van der Waals surface area (Å²) in [6, 6.07) is 8.79. The Kier molecular flexibility index (Phi) is 9.38. The molecule has 1 aromatic carbocycles. The highest BCUT2D eigenvalue weighted by atomic mass is 16.7. The van der Waals surface area contributed by atoms with Gasteiger partial charge in [0, 0.05) is 13.1 Å². The molecule has 3 rings (SSSR count). The highest BCUT2D eigenvalue weighted by Gasteiger charge is 2.54. The van der Waals surface area contributed by atoms with Crippen LogP contribution < -0.4 is 10.6 Å². The van der Waals surface area contributed by atoms with Gasteiger partial charge in [0.15, 0.2) is 0 Å². The molecule has 3 amide bonds. The summed E-state index contributed by atoms with van der Waals surface area (Å²) in [6.07, 6.45) is 0.454. The summed E-state index contributed by atoms with van der Waals surface area (Å²) in [5.74, 6) is -1.42. The van der Waals surface area contributed by atoms with E-state index in [2.05, 4.69) is 10.6 Å². The number of nitrogens with zero attached hydrogens (tertiary/aromatic N) is 1. The summed E-state index contributed by atoms with van der Waals surface area (Å²) >= 11 is 0. The van der Waals surface area contributed by atoms with Gasteiger partial charge < -0.3 is 34.7 Å². The van der Waals surface area contributed by atoms with Crippen molar-refractivity contribution < 1.29 is 33.5 Å². The topological polar surface area (TPSA) is 126 Å². The highest BCUT2D eigenvalue weighted by Crippen LogP contribution is 2.38. The molecular formula is C25H38BN3O7. The van der Waals surface area contributed by atoms with Gasteiger partial charge in [0.05, 0.1) is 36.8 Å². The maximum Gasteiger partial charge on any atom is 0.481 e. The Balaban J connectivity index is 1.70. The fourth-order valence-corrected chi connectivity index (χ4v) is 4.26. The summed E-state index contributed by atoms with van der Waals surface area (Å²) in [7, 11) is -0.713. The van der Waals surface area contributed by atoms with E-state index >= 15 is 0 Å². The molecule has 0 aliphatic carbocycles. The molecule has 2 fully saturated rings. The number of carbonyl (C=O) groups excluding carboxylic acids is 2. The molecule has 0 spiro atoms. The first-order valence-electron chi connectivity index (χ1n) is 12.5. The summed E-state index contributed by atoms with van der Waals surface area (Å²) in [6.45, 7) is 9.40. The average molecular weight is 503 g/mol. The van der Waals surface area contributed by atoms with E-state index in [9.17, 15) is 19.5 Å². The Morgan fingerprint density at radius 1 is 1.03 bits per heavy atom. The first-order chi connectivity index (χ1) is 17.0. The van der Waals surface area contributed by atoms with Crippen LogP contribution in [0.5, 0.6) is 0 Å². The molecule has 0 aromatic heterocycles. The van der Waals surface area contributed by atoms with E-state index in [0.29, 0.717) is 32.7 Å². The summed E-state index contributed by atoms with van der Waals surface area (Å²) in [4.78, 5) is 39.0. The maximum atomic E-state index is 13.3. The Labute approximate surface area is 213 Å². The van der Waals surface area contributed by atoms with E-state index < -0.39 is 42.3 Å². The lowest BCUT2D eigenvalue weighted by Gasteiger charge is -2.32. The van der Waals surface area contributed by atoms with Crippen LogP contribution in [0.25, 0.3) is 0 Å². The third-order valence-electron chi connectivity index (χ3n) is 7.11. The van der Waals surface area contributed by atoms with E-state index in [1.54, 1.807) is 4.90 Å². The van der Waals surface area contributed by atoms with Gasteiger partial charge in [0.2, 0.25) is 11.8 Å². The van der Waals surface area contributed by atoms with Gasteiger partial charge in [-0.1, -0.05) is 30.3 Å². The van der Waals surface area contributed by atoms with Crippen molar-refractivity contribution in [2.45, 2.75) is 76.6 Å². The van der Waals surface area contributed by atoms with Crippen molar-refractivity contribution in [1.29, 1.82) is 0 Å². The smallest absolute Gasteiger partial charge is 0.465 e. The van der Waals surface area contributed by atoms with Gasteiger partial charge in [0.1, 0.15) is 6.04 Å². The van der Waals surface area contributed by atoms with Crippen LogP contribution >= 0.6 is 0 Å². The number of morpholine rings is 1. The number of ether oxygens (including phenoxy) is 1. The molecule has 2 atom stereocenters. The molecule has 0 unspecified atom stereocenters. The van der Waals surface area contributed by atoms with Crippen LogP contribution in [-0.4, -0.2) is 84.5 Å². The molecular weight excluding hydrogens is 465 g/mol. The van der Waals surface area contributed by atoms with E-state index in [1.807, 2.05) is 58.0 Å². The second-order valence-corrected chi connectivity index (χ2v) is 10.3. The van der Waals surface area contributed by atoms with Crippen molar-refractivity contribution in [2.24, 2.45) is 0 Å². The lowest BCUT2D eigenvalue weighted by atomic mass is 9.75. The molecule has 36 heavy (non-hydrogen) atoms. The zero-order valence-corrected chi connectivity index (χ0v) is 21.6. The number of rotatable bonds is 10. The van der Waals surface area contributed by atoms with E-state index in [-0.39, 0.29) is 12.3 Å². The van der Waals surface area contributed by atoms with Crippen LogP contribution in [0.15, 0.2) is 30.3 Å². The van der Waals surface area contributed by atoms with Crippen molar-refractivity contribution in [3.05, 3.63) is 35.9 Å². The maximum absolute atomic E-state index is 13.3. The zero-order valence-electron chi connectivity index (χ0n) is 21.6. The van der Waals surface area contributed by atoms with E-state index in [0.717, 1.165) is 12.8 Å². The van der Waals surface area contributed by atoms with Crippen LogP contribution in [0.4, 0.5) is 4.79 Å². The highest BCUT2D eigenvalue weighted by molar-refractivity contribution is 6.48. The standard InChI is InChI=1S/C25H38BN3O7/c1-24(2)25(3,4)36-26(35-24)20(12-8-11-18-9-6-5-7-10-18)28-22(31)19(27-23(32)33)17-21(30)29-13-15-34-16-14-29/h5-7,9-10,19-20,27H,8,11-17H2,1-4H3,(H,28,31)(H,32,33)/t19-,20-/m1/s1. The lowest BCUT2D eigenvalue weighted by molar-refractivity contribution is -0.138. The minimum absolute atomic E-state index is 0.280. The zero-order chi connectivity index (χ0) is 26.3. The molecule has 0 radical (unpaired) electrons. The molecule has 2 aliphatic heterocycles.